The lowest BCUT2D eigenvalue weighted by Crippen LogP contribution is -2.39. The minimum atomic E-state index is -0.651. The zero-order chi connectivity index (χ0) is 23.0. The summed E-state index contributed by atoms with van der Waals surface area (Å²) in [4.78, 5) is 32.6. The van der Waals surface area contributed by atoms with E-state index in [-0.39, 0.29) is 18.4 Å². The lowest BCUT2D eigenvalue weighted by Gasteiger charge is -2.37. The lowest BCUT2D eigenvalue weighted by atomic mass is 9.93. The summed E-state index contributed by atoms with van der Waals surface area (Å²) in [5.41, 5.74) is 2.02. The van der Waals surface area contributed by atoms with Crippen LogP contribution in [0.2, 0.25) is 0 Å². The van der Waals surface area contributed by atoms with Crippen LogP contribution in [0.5, 0.6) is 5.75 Å². The molecule has 1 aromatic rings. The summed E-state index contributed by atoms with van der Waals surface area (Å²) < 4.78 is 11.4. The summed E-state index contributed by atoms with van der Waals surface area (Å²) in [6, 6.07) is 7.39. The van der Waals surface area contributed by atoms with E-state index in [1.807, 2.05) is 62.3 Å². The Morgan fingerprint density at radius 1 is 1.25 bits per heavy atom. The molecule has 2 heterocycles. The molecule has 0 aromatic heterocycles. The molecule has 4 rings (SSSR count). The number of nitrogens with zero attached hydrogens (tertiary/aromatic N) is 2. The molecule has 7 nitrogen and oxygen atoms in total. The number of allylic oxidation sites excluding steroid dienone is 1. The molecule has 1 N–H and O–H groups in total. The Balaban J connectivity index is 1.76. The van der Waals surface area contributed by atoms with Crippen LogP contribution < -0.4 is 10.1 Å². The Labute approximate surface area is 192 Å². The summed E-state index contributed by atoms with van der Waals surface area (Å²) in [6.45, 7) is 7.35. The molecule has 0 bridgehead atoms. The van der Waals surface area contributed by atoms with Crippen LogP contribution in [-0.4, -0.2) is 40.7 Å². The molecule has 8 heteroatoms. The zero-order valence-electron chi connectivity index (χ0n) is 19.1. The molecule has 0 saturated heterocycles. The highest BCUT2D eigenvalue weighted by atomic mass is 32.2. The number of hydrogen-bond donors (Lipinski definition) is 1. The van der Waals surface area contributed by atoms with Gasteiger partial charge in [-0.15, -0.1) is 0 Å². The number of carbonyl (C=O) groups is 2. The molecule has 0 radical (unpaired) electrons. The highest BCUT2D eigenvalue weighted by Gasteiger charge is 2.43. The second-order valence-electron chi connectivity index (χ2n) is 9.16. The number of esters is 1. The molecule has 1 amide bonds. The number of fused-ring (bicyclic) bond motifs is 1. The largest absolute Gasteiger partial charge is 0.496 e. The standard InChI is InChI=1S/C24H29N3O4S/c1-14-20(22(29)31-24(2,3)4)21(17-8-6-7-9-18(17)30-5)27-16(13-32-23(27)25-14)12-19(28)26-15-10-11-15/h6-9,13,15,21H,10-12H2,1-5H3,(H,26,28). The number of methoxy groups -OCH3 is 1. The molecular weight excluding hydrogens is 426 g/mol. The van der Waals surface area contributed by atoms with Crippen LogP contribution in [0.1, 0.15) is 58.6 Å². The fourth-order valence-corrected chi connectivity index (χ4v) is 4.79. The van der Waals surface area contributed by atoms with Crippen molar-refractivity contribution >= 4 is 28.8 Å². The van der Waals surface area contributed by atoms with E-state index in [9.17, 15) is 9.59 Å². The van der Waals surface area contributed by atoms with Crippen LogP contribution in [0.15, 0.2) is 51.6 Å². The number of rotatable bonds is 6. The Morgan fingerprint density at radius 2 is 1.97 bits per heavy atom. The van der Waals surface area contributed by atoms with E-state index in [4.69, 9.17) is 14.5 Å². The number of thioether (sulfide) groups is 1. The first-order valence-electron chi connectivity index (χ1n) is 10.8. The molecule has 1 atom stereocenters. The second-order valence-corrected chi connectivity index (χ2v) is 9.99. The van der Waals surface area contributed by atoms with Crippen molar-refractivity contribution < 1.29 is 19.1 Å². The number of nitrogens with one attached hydrogen (secondary N) is 1. The summed E-state index contributed by atoms with van der Waals surface area (Å²) in [5.74, 6) is 0.211. The average Bonchev–Trinajstić information content (AvgIpc) is 3.44. The number of amides is 1. The number of amidine groups is 1. The molecule has 1 aromatic carbocycles. The predicted molar refractivity (Wildman–Crippen MR) is 125 cm³/mol. The fourth-order valence-electron chi connectivity index (χ4n) is 3.82. The molecule has 0 spiro atoms. The summed E-state index contributed by atoms with van der Waals surface area (Å²) in [7, 11) is 1.61. The summed E-state index contributed by atoms with van der Waals surface area (Å²) in [6.07, 6.45) is 2.28. The minimum Gasteiger partial charge on any atom is -0.496 e. The van der Waals surface area contributed by atoms with Gasteiger partial charge in [-0.2, -0.15) is 0 Å². The molecule has 1 fully saturated rings. The number of para-hydroxylation sites is 1. The summed E-state index contributed by atoms with van der Waals surface area (Å²) >= 11 is 1.46. The smallest absolute Gasteiger partial charge is 0.338 e. The summed E-state index contributed by atoms with van der Waals surface area (Å²) in [5, 5.41) is 5.72. The molecular formula is C24H29N3O4S. The van der Waals surface area contributed by atoms with Crippen LogP contribution in [0.3, 0.4) is 0 Å². The van der Waals surface area contributed by atoms with Gasteiger partial charge in [-0.25, -0.2) is 9.79 Å². The van der Waals surface area contributed by atoms with E-state index < -0.39 is 17.6 Å². The van der Waals surface area contributed by atoms with Gasteiger partial charge in [-0.3, -0.25) is 4.79 Å². The molecule has 2 aliphatic heterocycles. The number of aliphatic imine (C=N–C) groups is 1. The van der Waals surface area contributed by atoms with Gasteiger partial charge in [0.25, 0.3) is 0 Å². The van der Waals surface area contributed by atoms with Crippen molar-refractivity contribution in [2.45, 2.75) is 64.6 Å². The number of ether oxygens (including phenoxy) is 2. The molecule has 1 saturated carbocycles. The van der Waals surface area contributed by atoms with Gasteiger partial charge in [0.1, 0.15) is 11.4 Å². The van der Waals surface area contributed by atoms with E-state index in [1.165, 1.54) is 11.8 Å². The average molecular weight is 456 g/mol. The maximum Gasteiger partial charge on any atom is 0.338 e. The molecule has 1 aliphatic carbocycles. The van der Waals surface area contributed by atoms with Crippen LogP contribution >= 0.6 is 11.8 Å². The van der Waals surface area contributed by atoms with Crippen molar-refractivity contribution in [3.63, 3.8) is 0 Å². The van der Waals surface area contributed by atoms with E-state index in [1.54, 1.807) is 7.11 Å². The highest BCUT2D eigenvalue weighted by molar-refractivity contribution is 8.16. The van der Waals surface area contributed by atoms with Gasteiger partial charge in [0.15, 0.2) is 5.17 Å². The maximum absolute atomic E-state index is 13.4. The van der Waals surface area contributed by atoms with Crippen molar-refractivity contribution in [3.8, 4) is 5.75 Å². The fraction of sp³-hybridized carbons (Fsp3) is 0.458. The zero-order valence-corrected chi connectivity index (χ0v) is 19.9. The Morgan fingerprint density at radius 3 is 2.62 bits per heavy atom. The van der Waals surface area contributed by atoms with E-state index >= 15 is 0 Å². The van der Waals surface area contributed by atoms with Crippen LogP contribution in [0.25, 0.3) is 0 Å². The van der Waals surface area contributed by atoms with Gasteiger partial charge < -0.3 is 19.7 Å². The number of carbonyl (C=O) groups excluding carboxylic acids is 2. The van der Waals surface area contributed by atoms with Gasteiger partial charge in [0.2, 0.25) is 5.91 Å². The van der Waals surface area contributed by atoms with Crippen molar-refractivity contribution in [3.05, 3.63) is 52.2 Å². The third-order valence-corrected chi connectivity index (χ3v) is 6.23. The maximum atomic E-state index is 13.4. The van der Waals surface area contributed by atoms with E-state index in [0.29, 0.717) is 17.0 Å². The van der Waals surface area contributed by atoms with Crippen molar-refractivity contribution in [2.75, 3.05) is 7.11 Å². The quantitative estimate of drug-likeness (QED) is 0.645. The van der Waals surface area contributed by atoms with Gasteiger partial charge in [-0.1, -0.05) is 30.0 Å². The Kier molecular flexibility index (Phi) is 6.07. The first-order chi connectivity index (χ1) is 15.2. The van der Waals surface area contributed by atoms with Gasteiger partial charge in [-0.05, 0) is 52.0 Å². The minimum absolute atomic E-state index is 0.0236. The SMILES string of the molecule is COc1ccccc1C1C(C(=O)OC(C)(C)C)=C(C)N=C2SC=C(CC(=O)NC3CC3)N21. The first kappa shape index (κ1) is 22.5. The van der Waals surface area contributed by atoms with Crippen LogP contribution in [0.4, 0.5) is 0 Å². The van der Waals surface area contributed by atoms with Gasteiger partial charge in [0, 0.05) is 17.3 Å². The van der Waals surface area contributed by atoms with Crippen molar-refractivity contribution in [1.29, 1.82) is 0 Å². The second kappa shape index (κ2) is 8.65. The third-order valence-electron chi connectivity index (χ3n) is 5.34. The topological polar surface area (TPSA) is 80.2 Å². The number of hydrogen-bond acceptors (Lipinski definition) is 7. The lowest BCUT2D eigenvalue weighted by molar-refractivity contribution is -0.150. The van der Waals surface area contributed by atoms with Gasteiger partial charge in [0.05, 0.1) is 30.8 Å². The Hall–Kier alpha value is -2.74. The molecule has 170 valence electrons. The number of benzene rings is 1. The van der Waals surface area contributed by atoms with Crippen molar-refractivity contribution in [2.24, 2.45) is 4.99 Å². The van der Waals surface area contributed by atoms with Crippen LogP contribution in [-0.2, 0) is 14.3 Å². The van der Waals surface area contributed by atoms with Gasteiger partial charge >= 0.3 is 5.97 Å². The molecule has 3 aliphatic rings. The Bertz CT molecular complexity index is 1030. The predicted octanol–water partition coefficient (Wildman–Crippen LogP) is 4.28. The van der Waals surface area contributed by atoms with E-state index in [2.05, 4.69) is 5.32 Å². The molecule has 32 heavy (non-hydrogen) atoms. The van der Waals surface area contributed by atoms with Crippen molar-refractivity contribution in [1.82, 2.24) is 10.2 Å². The molecule has 1 unspecified atom stereocenters. The van der Waals surface area contributed by atoms with Crippen LogP contribution in [0, 0.1) is 0 Å². The monoisotopic (exact) mass is 455 g/mol. The first-order valence-corrected chi connectivity index (χ1v) is 11.7. The third kappa shape index (κ3) is 4.70. The van der Waals surface area contributed by atoms with E-state index in [0.717, 1.165) is 29.3 Å². The normalized spacial score (nSPS) is 20.4. The highest BCUT2D eigenvalue weighted by Crippen LogP contribution is 2.47.